The molecule has 1 fully saturated rings. The summed E-state index contributed by atoms with van der Waals surface area (Å²) >= 11 is 1.98. The van der Waals surface area contributed by atoms with Gasteiger partial charge in [0.05, 0.1) is 0 Å². The number of hydrogen-bond donors (Lipinski definition) is 1. The van der Waals surface area contributed by atoms with E-state index in [1.807, 2.05) is 11.3 Å². The lowest BCUT2D eigenvalue weighted by atomic mass is 9.76. The minimum Gasteiger partial charge on any atom is -0.309 e. The van der Waals surface area contributed by atoms with Crippen LogP contribution >= 0.6 is 11.3 Å². The first-order chi connectivity index (χ1) is 9.74. The molecule has 2 rings (SSSR count). The van der Waals surface area contributed by atoms with Crippen LogP contribution in [-0.4, -0.2) is 6.54 Å². The van der Waals surface area contributed by atoms with Gasteiger partial charge in [0, 0.05) is 15.8 Å². The van der Waals surface area contributed by atoms with Gasteiger partial charge in [-0.15, -0.1) is 11.3 Å². The highest BCUT2D eigenvalue weighted by Gasteiger charge is 2.28. The van der Waals surface area contributed by atoms with E-state index in [1.165, 1.54) is 49.8 Å². The van der Waals surface area contributed by atoms with E-state index in [9.17, 15) is 0 Å². The third-order valence-corrected chi connectivity index (χ3v) is 5.90. The summed E-state index contributed by atoms with van der Waals surface area (Å²) in [6.45, 7) is 7.85. The maximum Gasteiger partial charge on any atom is 0.0443 e. The Morgan fingerprint density at radius 1 is 1.20 bits per heavy atom. The van der Waals surface area contributed by atoms with Gasteiger partial charge in [0.15, 0.2) is 0 Å². The quantitative estimate of drug-likeness (QED) is 0.679. The Bertz CT molecular complexity index is 377. The summed E-state index contributed by atoms with van der Waals surface area (Å²) in [6.07, 6.45) is 10.00. The normalized spacial score (nSPS) is 24.8. The number of nitrogens with one attached hydrogen (secondary N) is 1. The molecule has 0 amide bonds. The van der Waals surface area contributed by atoms with Crippen molar-refractivity contribution in [1.82, 2.24) is 5.32 Å². The van der Waals surface area contributed by atoms with E-state index in [4.69, 9.17) is 0 Å². The standard InChI is InChI=1S/C18H31NS/c1-4-6-7-15-9-11-16(12-10-15)18(19-5-2)17-13-8-14(3)20-17/h8,13,15-16,18-19H,4-7,9-12H2,1-3H3. The van der Waals surface area contributed by atoms with Gasteiger partial charge in [-0.25, -0.2) is 0 Å². The molecule has 1 atom stereocenters. The topological polar surface area (TPSA) is 12.0 Å². The molecule has 2 heteroatoms. The van der Waals surface area contributed by atoms with Crippen LogP contribution in [0.5, 0.6) is 0 Å². The lowest BCUT2D eigenvalue weighted by Crippen LogP contribution is -2.30. The second-order valence-electron chi connectivity index (χ2n) is 6.41. The SMILES string of the molecule is CCCCC1CCC(C(NCC)c2ccc(C)s2)CC1. The number of rotatable bonds is 7. The van der Waals surface area contributed by atoms with Crippen LogP contribution in [0.2, 0.25) is 0 Å². The van der Waals surface area contributed by atoms with Crippen molar-refractivity contribution in [2.75, 3.05) is 6.54 Å². The molecule has 1 unspecified atom stereocenters. The van der Waals surface area contributed by atoms with Gasteiger partial charge in [-0.3, -0.25) is 0 Å². The molecule has 1 nitrogen and oxygen atoms in total. The minimum atomic E-state index is 0.603. The largest absolute Gasteiger partial charge is 0.309 e. The van der Waals surface area contributed by atoms with Gasteiger partial charge in [0.25, 0.3) is 0 Å². The first kappa shape index (κ1) is 16.0. The zero-order chi connectivity index (χ0) is 14.4. The second kappa shape index (κ2) is 8.19. The molecule has 1 aromatic rings. The fourth-order valence-corrected chi connectivity index (χ4v) is 4.69. The average molecular weight is 294 g/mol. The Hall–Kier alpha value is -0.340. The highest BCUT2D eigenvalue weighted by atomic mass is 32.1. The highest BCUT2D eigenvalue weighted by Crippen LogP contribution is 2.40. The van der Waals surface area contributed by atoms with E-state index in [2.05, 4.69) is 38.2 Å². The van der Waals surface area contributed by atoms with Crippen LogP contribution in [0.15, 0.2) is 12.1 Å². The van der Waals surface area contributed by atoms with Crippen LogP contribution < -0.4 is 5.32 Å². The molecule has 1 aromatic heterocycles. The summed E-state index contributed by atoms with van der Waals surface area (Å²) in [5, 5.41) is 3.75. The van der Waals surface area contributed by atoms with Crippen LogP contribution in [0.1, 0.15) is 74.6 Å². The van der Waals surface area contributed by atoms with Gasteiger partial charge in [-0.05, 0) is 50.3 Å². The molecule has 0 aliphatic heterocycles. The van der Waals surface area contributed by atoms with Gasteiger partial charge >= 0.3 is 0 Å². The smallest absolute Gasteiger partial charge is 0.0443 e. The first-order valence-corrected chi connectivity index (χ1v) is 9.36. The summed E-state index contributed by atoms with van der Waals surface area (Å²) in [5.41, 5.74) is 0. The minimum absolute atomic E-state index is 0.603. The molecule has 0 saturated heterocycles. The number of hydrogen-bond acceptors (Lipinski definition) is 2. The summed E-state index contributed by atoms with van der Waals surface area (Å²) in [4.78, 5) is 3.00. The number of thiophene rings is 1. The van der Waals surface area contributed by atoms with Crippen LogP contribution in [-0.2, 0) is 0 Å². The van der Waals surface area contributed by atoms with Gasteiger partial charge in [-0.2, -0.15) is 0 Å². The average Bonchev–Trinajstić information content (AvgIpc) is 2.89. The summed E-state index contributed by atoms with van der Waals surface area (Å²) in [5.74, 6) is 1.87. The third kappa shape index (κ3) is 4.33. The van der Waals surface area contributed by atoms with Crippen molar-refractivity contribution in [2.45, 2.75) is 71.8 Å². The van der Waals surface area contributed by atoms with Crippen molar-refractivity contribution in [1.29, 1.82) is 0 Å². The highest BCUT2D eigenvalue weighted by molar-refractivity contribution is 7.12. The lowest BCUT2D eigenvalue weighted by molar-refractivity contribution is 0.216. The molecular formula is C18H31NS. The summed E-state index contributed by atoms with van der Waals surface area (Å²) in [7, 11) is 0. The van der Waals surface area contributed by atoms with Gasteiger partial charge in [0.1, 0.15) is 0 Å². The molecule has 0 aromatic carbocycles. The molecule has 0 radical (unpaired) electrons. The molecule has 1 N–H and O–H groups in total. The van der Waals surface area contributed by atoms with E-state index >= 15 is 0 Å². The number of unbranched alkanes of at least 4 members (excludes halogenated alkanes) is 1. The zero-order valence-electron chi connectivity index (χ0n) is 13.5. The Labute approximate surface area is 129 Å². The van der Waals surface area contributed by atoms with Crippen molar-refractivity contribution in [3.63, 3.8) is 0 Å². The summed E-state index contributed by atoms with van der Waals surface area (Å²) in [6, 6.07) is 5.22. The van der Waals surface area contributed by atoms with Crippen LogP contribution in [0.4, 0.5) is 0 Å². The van der Waals surface area contributed by atoms with Crippen molar-refractivity contribution >= 4 is 11.3 Å². The van der Waals surface area contributed by atoms with E-state index in [-0.39, 0.29) is 0 Å². The monoisotopic (exact) mass is 293 g/mol. The Morgan fingerprint density at radius 3 is 2.50 bits per heavy atom. The Balaban J connectivity index is 1.91. The van der Waals surface area contributed by atoms with Gasteiger partial charge in [0.2, 0.25) is 0 Å². The van der Waals surface area contributed by atoms with E-state index in [0.717, 1.165) is 18.4 Å². The van der Waals surface area contributed by atoms with Crippen LogP contribution in [0.3, 0.4) is 0 Å². The van der Waals surface area contributed by atoms with Crippen molar-refractivity contribution < 1.29 is 0 Å². The Kier molecular flexibility index (Phi) is 6.57. The lowest BCUT2D eigenvalue weighted by Gasteiger charge is -2.34. The maximum absolute atomic E-state index is 3.75. The predicted octanol–water partition coefficient (Wildman–Crippen LogP) is 5.70. The zero-order valence-corrected chi connectivity index (χ0v) is 14.3. The molecule has 1 aliphatic carbocycles. The third-order valence-electron chi connectivity index (χ3n) is 4.82. The molecular weight excluding hydrogens is 262 g/mol. The fourth-order valence-electron chi connectivity index (χ4n) is 3.64. The van der Waals surface area contributed by atoms with Crippen molar-refractivity contribution in [3.8, 4) is 0 Å². The van der Waals surface area contributed by atoms with Gasteiger partial charge < -0.3 is 5.32 Å². The number of aryl methyl sites for hydroxylation is 1. The van der Waals surface area contributed by atoms with E-state index in [1.54, 1.807) is 4.88 Å². The fraction of sp³-hybridized carbons (Fsp3) is 0.778. The molecule has 0 bridgehead atoms. The molecule has 1 heterocycles. The molecule has 1 aliphatic rings. The van der Waals surface area contributed by atoms with Crippen molar-refractivity contribution in [2.24, 2.45) is 11.8 Å². The molecule has 20 heavy (non-hydrogen) atoms. The van der Waals surface area contributed by atoms with Crippen molar-refractivity contribution in [3.05, 3.63) is 21.9 Å². The first-order valence-electron chi connectivity index (χ1n) is 8.54. The van der Waals surface area contributed by atoms with Crippen LogP contribution in [0.25, 0.3) is 0 Å². The van der Waals surface area contributed by atoms with E-state index in [0.29, 0.717) is 6.04 Å². The predicted molar refractivity (Wildman–Crippen MR) is 90.4 cm³/mol. The maximum atomic E-state index is 3.75. The van der Waals surface area contributed by atoms with E-state index < -0.39 is 0 Å². The van der Waals surface area contributed by atoms with Gasteiger partial charge in [-0.1, -0.05) is 46.0 Å². The van der Waals surface area contributed by atoms with Crippen LogP contribution in [0, 0.1) is 18.8 Å². The Morgan fingerprint density at radius 2 is 1.95 bits per heavy atom. The molecule has 0 spiro atoms. The summed E-state index contributed by atoms with van der Waals surface area (Å²) < 4.78 is 0. The molecule has 114 valence electrons. The molecule has 1 saturated carbocycles. The second-order valence-corrected chi connectivity index (χ2v) is 7.73.